The Balaban J connectivity index is 1.42. The number of nitrogens with one attached hydrogen (secondary N) is 2. The lowest BCUT2D eigenvalue weighted by Crippen LogP contribution is -2.49. The molecule has 3 aromatic heterocycles. The SMILES string of the molecule is CC(C)(C)OC(=O)N[C@@H](CC(CN=[N+]=N)SSC(C)(C)C)C(=O)O[C@H]1[C@@H](O)[C@H](n2cnc3c(N)ncnc32)O[C@@H]1COP(=O)(O)O[C@H]1C[C@H](n2ccc(N)nc2=O)O[C@@H]1COP(=O)(O)O. The van der Waals surface area contributed by atoms with Gasteiger partial charge in [0.05, 0.1) is 19.5 Å². The third-order valence-corrected chi connectivity index (χ3v) is 14.2. The summed E-state index contributed by atoms with van der Waals surface area (Å²) < 4.78 is 65.6. The molecule has 360 valence electrons. The predicted octanol–water partition coefficient (Wildman–Crippen LogP) is 1.70. The van der Waals surface area contributed by atoms with Crippen LogP contribution in [0.1, 0.15) is 66.8 Å². The highest BCUT2D eigenvalue weighted by Crippen LogP contribution is 2.50. The number of phosphoric ester groups is 2. The molecule has 2 aliphatic heterocycles. The van der Waals surface area contributed by atoms with Crippen molar-refractivity contribution in [3.8, 4) is 0 Å². The number of alkyl carbamates (subject to hydrolysis) is 1. The van der Waals surface area contributed by atoms with E-state index in [1.807, 2.05) is 20.8 Å². The van der Waals surface area contributed by atoms with Crippen molar-refractivity contribution in [2.24, 2.45) is 5.11 Å². The number of anilines is 2. The molecule has 2 aliphatic rings. The van der Waals surface area contributed by atoms with Crippen LogP contribution in [0.15, 0.2) is 34.8 Å². The van der Waals surface area contributed by atoms with Crippen molar-refractivity contribution >= 4 is 72.1 Å². The van der Waals surface area contributed by atoms with E-state index in [1.54, 1.807) is 20.8 Å². The number of phosphoric acid groups is 2. The number of amides is 1. The normalized spacial score (nSPS) is 24.5. The molecule has 65 heavy (non-hydrogen) atoms. The van der Waals surface area contributed by atoms with Crippen LogP contribution in [0.3, 0.4) is 0 Å². The van der Waals surface area contributed by atoms with Crippen molar-refractivity contribution in [3.05, 3.63) is 35.4 Å². The van der Waals surface area contributed by atoms with E-state index in [1.165, 1.54) is 44.7 Å². The Morgan fingerprint density at radius 1 is 1.08 bits per heavy atom. The summed E-state index contributed by atoms with van der Waals surface area (Å²) in [6.45, 7) is 8.86. The highest BCUT2D eigenvalue weighted by atomic mass is 33.1. The number of hydrogen-bond acceptors (Lipinski definition) is 23. The molecule has 2 unspecified atom stereocenters. The number of aliphatic hydroxyl groups is 1. The number of nitrogens with two attached hydrogens (primary N) is 2. The van der Waals surface area contributed by atoms with Gasteiger partial charge in [-0.15, -0.1) is 0 Å². The van der Waals surface area contributed by atoms with Crippen molar-refractivity contribution in [2.45, 2.75) is 119 Å². The Morgan fingerprint density at radius 2 is 1.78 bits per heavy atom. The van der Waals surface area contributed by atoms with Gasteiger partial charge in [0.15, 0.2) is 23.8 Å². The quantitative estimate of drug-likeness (QED) is 0.0278. The van der Waals surface area contributed by atoms with Gasteiger partial charge in [-0.2, -0.15) is 4.98 Å². The Bertz CT molecular complexity index is 2370. The molecule has 1 amide bonds. The summed E-state index contributed by atoms with van der Waals surface area (Å²) in [6, 6.07) is -0.205. The molecule has 5 heterocycles. The second-order valence-corrected chi connectivity index (χ2v) is 22.4. The molecule has 0 aromatic carbocycles. The van der Waals surface area contributed by atoms with Crippen LogP contribution in [0.5, 0.6) is 0 Å². The maximum absolute atomic E-state index is 14.2. The number of imidazole rings is 1. The molecule has 3 aromatic rings. The summed E-state index contributed by atoms with van der Waals surface area (Å²) in [5.74, 6) is -1.24. The van der Waals surface area contributed by atoms with E-state index >= 15 is 0 Å². The molecule has 0 spiro atoms. The Morgan fingerprint density at radius 3 is 2.43 bits per heavy atom. The molecule has 0 saturated carbocycles. The molecule has 10 N–H and O–H groups in total. The number of hydrogen-bond donors (Lipinski definition) is 8. The lowest BCUT2D eigenvalue weighted by molar-refractivity contribution is -0.159. The smallest absolute Gasteiger partial charge is 0.455 e. The summed E-state index contributed by atoms with van der Waals surface area (Å²) in [5, 5.41) is 17.6. The number of fused-ring (bicyclic) bond motifs is 1. The molecule has 0 radical (unpaired) electrons. The van der Waals surface area contributed by atoms with Crippen LogP contribution in [0.25, 0.3) is 11.2 Å². The van der Waals surface area contributed by atoms with E-state index in [4.69, 9.17) is 45.0 Å². The predicted molar refractivity (Wildman–Crippen MR) is 228 cm³/mol. The summed E-state index contributed by atoms with van der Waals surface area (Å²) >= 11 is 0. The molecule has 2 saturated heterocycles. The topological polar surface area (TPSA) is 407 Å². The van der Waals surface area contributed by atoms with Crippen molar-refractivity contribution < 1.29 is 71.0 Å². The number of nitrogens with zero attached hydrogens (tertiary/aromatic N) is 8. The van der Waals surface area contributed by atoms with E-state index in [0.29, 0.717) is 0 Å². The standard InChI is InChI=1S/C33H50N12O16P2S2/c1-32(2,3)60-31(49)41-17(9-16(11-40-43-36)64-65-33(4,5)6)29(47)59-25-20(58-28(24(25)46)45-15-39-23-26(35)37-14-38-27(23)45)13-56-63(53,54)61-18-10-22(44-8-7-21(34)42-30(44)48)57-19(18)12-55-62(50,51)52/h7-8,14-20,22,24-25,28,36,46H,9-13H2,1-6H3,(H7-,34,35,37,38,41,42,48,49,50,51,52,53,54)/p+1/t16?,17-,18-,19+,20+,22+,24+,25+,28+/m0/s1. The zero-order valence-electron chi connectivity index (χ0n) is 35.7. The first-order valence-electron chi connectivity index (χ1n) is 19.4. The zero-order valence-corrected chi connectivity index (χ0v) is 39.1. The molecule has 10 atom stereocenters. The average molecular weight is 998 g/mol. The van der Waals surface area contributed by atoms with E-state index in [9.17, 15) is 43.3 Å². The van der Waals surface area contributed by atoms with Gasteiger partial charge in [-0.05, 0) is 33.3 Å². The van der Waals surface area contributed by atoms with E-state index in [-0.39, 0.29) is 46.9 Å². The van der Waals surface area contributed by atoms with Crippen molar-refractivity contribution in [1.82, 2.24) is 39.3 Å². The fourth-order valence-electron chi connectivity index (χ4n) is 6.23. The van der Waals surface area contributed by atoms with Crippen molar-refractivity contribution in [2.75, 3.05) is 31.2 Å². The first kappa shape index (κ1) is 51.9. The number of nitrogen functional groups attached to an aromatic ring is 2. The molecule has 32 heteroatoms. The van der Waals surface area contributed by atoms with Gasteiger partial charge in [0, 0.05) is 22.6 Å². The van der Waals surface area contributed by atoms with Gasteiger partial charge in [0.1, 0.15) is 77.1 Å². The van der Waals surface area contributed by atoms with Gasteiger partial charge in [0.2, 0.25) is 4.91 Å². The minimum atomic E-state index is -5.27. The number of carbonyl (C=O) groups excluding carboxylic acids is 2. The van der Waals surface area contributed by atoms with Crippen LogP contribution in [0.2, 0.25) is 0 Å². The third-order valence-electron chi connectivity index (χ3n) is 8.91. The average Bonchev–Trinajstić information content (AvgIpc) is 3.88. The Labute approximate surface area is 377 Å². The number of aliphatic hydroxyl groups excluding tert-OH is 1. The second kappa shape index (κ2) is 21.2. The number of carbonyl (C=O) groups is 2. The van der Waals surface area contributed by atoms with Gasteiger partial charge in [-0.3, -0.25) is 22.7 Å². The Kier molecular flexibility index (Phi) is 16.9. The number of aromatic nitrogens is 6. The zero-order chi connectivity index (χ0) is 48.1. The van der Waals surface area contributed by atoms with Crippen LogP contribution in [0.4, 0.5) is 16.4 Å². The highest BCUT2D eigenvalue weighted by molar-refractivity contribution is 8.77. The van der Waals surface area contributed by atoms with Gasteiger partial charge >= 0.3 is 33.4 Å². The molecule has 28 nitrogen and oxygen atoms in total. The van der Waals surface area contributed by atoms with Crippen molar-refractivity contribution in [3.63, 3.8) is 0 Å². The van der Waals surface area contributed by atoms with Gasteiger partial charge in [-0.25, -0.2) is 38.5 Å². The number of rotatable bonds is 19. The minimum Gasteiger partial charge on any atom is -0.455 e. The summed E-state index contributed by atoms with van der Waals surface area (Å²) in [6.07, 6.45) is -8.70. The molecule has 2 fully saturated rings. The van der Waals surface area contributed by atoms with E-state index < -0.39 is 106 Å². The second-order valence-electron chi connectivity index (χ2n) is 16.4. The lowest BCUT2D eigenvalue weighted by Gasteiger charge is -2.28. The van der Waals surface area contributed by atoms with Gasteiger partial charge in [0.25, 0.3) is 0 Å². The number of ether oxygens (including phenoxy) is 4. The fourth-order valence-corrected chi connectivity index (χ4v) is 10.1. The van der Waals surface area contributed by atoms with Gasteiger partial charge in [-0.1, -0.05) is 42.4 Å². The van der Waals surface area contributed by atoms with Gasteiger partial charge < -0.3 is 55.5 Å². The van der Waals surface area contributed by atoms with Crippen molar-refractivity contribution in [1.29, 1.82) is 5.53 Å². The molecule has 0 aliphatic carbocycles. The third kappa shape index (κ3) is 14.9. The number of esters is 1. The molecule has 5 rings (SSSR count). The van der Waals surface area contributed by atoms with Crippen LogP contribution in [-0.4, -0.2) is 133 Å². The van der Waals surface area contributed by atoms with Crippen LogP contribution in [-0.2, 0) is 46.4 Å². The van der Waals surface area contributed by atoms with E-state index in [0.717, 1.165) is 10.9 Å². The molecule has 0 bridgehead atoms. The Hall–Kier alpha value is -4.12. The summed E-state index contributed by atoms with van der Waals surface area (Å²) in [5.41, 5.74) is 17.1. The van der Waals surface area contributed by atoms with E-state index in [2.05, 4.69) is 39.8 Å². The fraction of sp³-hybridized carbons (Fsp3) is 0.667. The first-order valence-corrected chi connectivity index (χ1v) is 24.7. The molecular formula is C33H51N12O16P2S2+. The monoisotopic (exact) mass is 997 g/mol. The summed E-state index contributed by atoms with van der Waals surface area (Å²) in [4.78, 5) is 88.6. The lowest BCUT2D eigenvalue weighted by atomic mass is 10.1. The summed E-state index contributed by atoms with van der Waals surface area (Å²) in [7, 11) is -7.59. The first-order chi connectivity index (χ1) is 30.2. The van der Waals surface area contributed by atoms with Crippen LogP contribution in [0, 0.1) is 5.53 Å². The maximum Gasteiger partial charge on any atom is 0.472 e. The largest absolute Gasteiger partial charge is 0.472 e. The molecular weight excluding hydrogens is 947 g/mol. The maximum atomic E-state index is 14.2. The van der Waals surface area contributed by atoms with Crippen LogP contribution >= 0.6 is 37.2 Å². The highest BCUT2D eigenvalue weighted by Gasteiger charge is 2.50. The minimum absolute atomic E-state index is 0.0133. The van der Waals surface area contributed by atoms with Crippen LogP contribution < -0.4 is 27.4 Å².